The summed E-state index contributed by atoms with van der Waals surface area (Å²) in [5.74, 6) is 1.14. The number of hydrogen-bond donors (Lipinski definition) is 0. The number of thioether (sulfide) groups is 1. The first kappa shape index (κ1) is 16.9. The first-order chi connectivity index (χ1) is 12.2. The molecule has 0 spiro atoms. The van der Waals surface area contributed by atoms with E-state index >= 15 is 0 Å². The van der Waals surface area contributed by atoms with Gasteiger partial charge in [0.1, 0.15) is 5.82 Å². The van der Waals surface area contributed by atoms with Crippen LogP contribution in [0.3, 0.4) is 0 Å². The standard InChI is InChI=1S/C19H16N4OS/c1-23-18(11-14-5-3-2-4-6-14)21-22-19(23)25-13-17(24)16-9-7-15(12-20)8-10-16/h2-10H,11,13H2,1H3. The van der Waals surface area contributed by atoms with Crippen molar-refractivity contribution in [3.63, 3.8) is 0 Å². The fourth-order valence-corrected chi connectivity index (χ4v) is 3.17. The Kier molecular flexibility index (Phi) is 5.26. The molecule has 1 heterocycles. The molecule has 0 saturated carbocycles. The van der Waals surface area contributed by atoms with Crippen LogP contribution in [0.25, 0.3) is 0 Å². The molecule has 0 unspecified atom stereocenters. The Hall–Kier alpha value is -2.91. The van der Waals surface area contributed by atoms with Gasteiger partial charge in [0.05, 0.1) is 17.4 Å². The highest BCUT2D eigenvalue weighted by molar-refractivity contribution is 7.99. The van der Waals surface area contributed by atoms with Crippen molar-refractivity contribution in [1.82, 2.24) is 14.8 Å². The Morgan fingerprint density at radius 1 is 1.12 bits per heavy atom. The number of Topliss-reactive ketones (excluding diaryl/α,β-unsaturated/α-hetero) is 1. The third-order valence-electron chi connectivity index (χ3n) is 3.80. The summed E-state index contributed by atoms with van der Waals surface area (Å²) in [5.41, 5.74) is 2.31. The fourth-order valence-electron chi connectivity index (χ4n) is 2.35. The smallest absolute Gasteiger partial charge is 0.191 e. The van der Waals surface area contributed by atoms with Gasteiger partial charge in [-0.2, -0.15) is 5.26 Å². The second-order valence-electron chi connectivity index (χ2n) is 5.52. The number of carbonyl (C=O) groups excluding carboxylic acids is 1. The molecule has 0 amide bonds. The van der Waals surface area contributed by atoms with Crippen LogP contribution in [0.15, 0.2) is 59.8 Å². The minimum Gasteiger partial charge on any atom is -0.309 e. The van der Waals surface area contributed by atoms with Crippen molar-refractivity contribution in [3.8, 4) is 6.07 Å². The van der Waals surface area contributed by atoms with Gasteiger partial charge in [-0.15, -0.1) is 10.2 Å². The van der Waals surface area contributed by atoms with Gasteiger partial charge in [-0.1, -0.05) is 54.2 Å². The van der Waals surface area contributed by atoms with E-state index < -0.39 is 0 Å². The third kappa shape index (κ3) is 4.14. The number of benzene rings is 2. The zero-order valence-corrected chi connectivity index (χ0v) is 14.5. The van der Waals surface area contributed by atoms with Gasteiger partial charge in [-0.25, -0.2) is 0 Å². The van der Waals surface area contributed by atoms with Crippen LogP contribution in [0.2, 0.25) is 0 Å². The van der Waals surface area contributed by atoms with Crippen molar-refractivity contribution in [1.29, 1.82) is 5.26 Å². The van der Waals surface area contributed by atoms with E-state index in [2.05, 4.69) is 22.3 Å². The highest BCUT2D eigenvalue weighted by Crippen LogP contribution is 2.19. The summed E-state index contributed by atoms with van der Waals surface area (Å²) in [7, 11) is 1.91. The molecule has 0 N–H and O–H groups in total. The number of aromatic nitrogens is 3. The predicted octanol–water partition coefficient (Wildman–Crippen LogP) is 3.25. The van der Waals surface area contributed by atoms with Gasteiger partial charge in [-0.3, -0.25) is 4.79 Å². The van der Waals surface area contributed by atoms with Gasteiger partial charge in [0.15, 0.2) is 10.9 Å². The molecule has 0 aliphatic heterocycles. The van der Waals surface area contributed by atoms with Crippen LogP contribution >= 0.6 is 11.8 Å². The van der Waals surface area contributed by atoms with Crippen molar-refractivity contribution < 1.29 is 4.79 Å². The maximum Gasteiger partial charge on any atom is 0.191 e. The lowest BCUT2D eigenvalue weighted by molar-refractivity contribution is 0.102. The van der Waals surface area contributed by atoms with E-state index in [9.17, 15) is 4.79 Å². The van der Waals surface area contributed by atoms with Gasteiger partial charge < -0.3 is 4.57 Å². The van der Waals surface area contributed by atoms with Crippen LogP contribution in [0, 0.1) is 11.3 Å². The maximum absolute atomic E-state index is 12.3. The average molecular weight is 348 g/mol. The quantitative estimate of drug-likeness (QED) is 0.505. The highest BCUT2D eigenvalue weighted by atomic mass is 32.2. The van der Waals surface area contributed by atoms with Gasteiger partial charge in [-0.05, 0) is 17.7 Å². The topological polar surface area (TPSA) is 71.6 Å². The predicted molar refractivity (Wildman–Crippen MR) is 96.5 cm³/mol. The highest BCUT2D eigenvalue weighted by Gasteiger charge is 2.13. The molecule has 3 aromatic rings. The summed E-state index contributed by atoms with van der Waals surface area (Å²) in [5, 5.41) is 17.9. The first-order valence-corrected chi connectivity index (χ1v) is 8.74. The molecule has 3 rings (SSSR count). The molecule has 25 heavy (non-hydrogen) atoms. The first-order valence-electron chi connectivity index (χ1n) is 7.75. The Morgan fingerprint density at radius 3 is 2.52 bits per heavy atom. The maximum atomic E-state index is 12.3. The van der Waals surface area contributed by atoms with Crippen molar-refractivity contribution in [3.05, 3.63) is 77.1 Å². The monoisotopic (exact) mass is 348 g/mol. The van der Waals surface area contributed by atoms with Crippen LogP contribution in [-0.2, 0) is 13.5 Å². The fraction of sp³-hybridized carbons (Fsp3) is 0.158. The number of carbonyl (C=O) groups is 1. The minimum absolute atomic E-state index is 0.00194. The van der Waals surface area contributed by atoms with Gasteiger partial charge in [0.2, 0.25) is 0 Å². The molecular formula is C19H16N4OS. The number of nitriles is 1. The van der Waals surface area contributed by atoms with E-state index in [1.807, 2.05) is 35.9 Å². The zero-order valence-electron chi connectivity index (χ0n) is 13.7. The summed E-state index contributed by atoms with van der Waals surface area (Å²) in [6, 6.07) is 18.8. The summed E-state index contributed by atoms with van der Waals surface area (Å²) < 4.78 is 1.92. The molecule has 1 aromatic heterocycles. The molecule has 0 saturated heterocycles. The molecule has 0 aliphatic rings. The second kappa shape index (κ2) is 7.77. The molecule has 6 heteroatoms. The average Bonchev–Trinajstić information content (AvgIpc) is 3.00. The molecule has 124 valence electrons. The summed E-state index contributed by atoms with van der Waals surface area (Å²) >= 11 is 1.37. The molecular weight excluding hydrogens is 332 g/mol. The van der Waals surface area contributed by atoms with E-state index in [0.29, 0.717) is 22.7 Å². The third-order valence-corrected chi connectivity index (χ3v) is 4.82. The van der Waals surface area contributed by atoms with E-state index in [-0.39, 0.29) is 11.5 Å². The summed E-state index contributed by atoms with van der Waals surface area (Å²) in [6.07, 6.45) is 0.703. The lowest BCUT2D eigenvalue weighted by Crippen LogP contribution is -2.05. The van der Waals surface area contributed by atoms with Crippen LogP contribution in [0.5, 0.6) is 0 Å². The van der Waals surface area contributed by atoms with Gasteiger partial charge in [0, 0.05) is 19.0 Å². The van der Waals surface area contributed by atoms with Gasteiger partial charge in [0.25, 0.3) is 0 Å². The summed E-state index contributed by atoms with van der Waals surface area (Å²) in [6.45, 7) is 0. The van der Waals surface area contributed by atoms with E-state index in [4.69, 9.17) is 5.26 Å². The number of ketones is 1. The lowest BCUT2D eigenvalue weighted by atomic mass is 10.1. The molecule has 0 aliphatic carbocycles. The van der Waals surface area contributed by atoms with Crippen molar-refractivity contribution in [2.24, 2.45) is 7.05 Å². The van der Waals surface area contributed by atoms with Crippen molar-refractivity contribution >= 4 is 17.5 Å². The lowest BCUT2D eigenvalue weighted by Gasteiger charge is -2.04. The minimum atomic E-state index is 0.00194. The Balaban J connectivity index is 1.63. The SMILES string of the molecule is Cn1c(Cc2ccccc2)nnc1SCC(=O)c1ccc(C#N)cc1. The normalized spacial score (nSPS) is 10.4. The second-order valence-corrected chi connectivity index (χ2v) is 6.46. The number of hydrogen-bond acceptors (Lipinski definition) is 5. The van der Waals surface area contributed by atoms with Crippen molar-refractivity contribution in [2.45, 2.75) is 11.6 Å². The molecule has 0 atom stereocenters. The number of nitrogens with zero attached hydrogens (tertiary/aromatic N) is 4. The van der Waals surface area contributed by atoms with E-state index in [1.54, 1.807) is 24.3 Å². The van der Waals surface area contributed by atoms with Crippen LogP contribution < -0.4 is 0 Å². The molecule has 0 radical (unpaired) electrons. The van der Waals surface area contributed by atoms with Crippen LogP contribution in [-0.4, -0.2) is 26.3 Å². The number of rotatable bonds is 6. The molecule has 0 fully saturated rings. The molecule has 0 bridgehead atoms. The zero-order chi connectivity index (χ0) is 17.6. The van der Waals surface area contributed by atoms with Crippen LogP contribution in [0.1, 0.15) is 27.3 Å². The molecule has 5 nitrogen and oxygen atoms in total. The largest absolute Gasteiger partial charge is 0.309 e. The Morgan fingerprint density at radius 2 is 1.84 bits per heavy atom. The Labute approximate surface area is 150 Å². The van der Waals surface area contributed by atoms with Crippen LogP contribution in [0.4, 0.5) is 0 Å². The Bertz CT molecular complexity index is 911. The molecule has 2 aromatic carbocycles. The van der Waals surface area contributed by atoms with Gasteiger partial charge >= 0.3 is 0 Å². The van der Waals surface area contributed by atoms with Crippen molar-refractivity contribution in [2.75, 3.05) is 5.75 Å². The van der Waals surface area contributed by atoms with E-state index in [0.717, 1.165) is 5.82 Å². The van der Waals surface area contributed by atoms with E-state index in [1.165, 1.54) is 17.3 Å². The summed E-state index contributed by atoms with van der Waals surface area (Å²) in [4.78, 5) is 12.3.